The fraction of sp³-hybridized carbons (Fsp3) is 0.200. The second-order valence-electron chi connectivity index (χ2n) is 4.22. The highest BCUT2D eigenvalue weighted by atomic mass is 32.1. The molecule has 114 valence electrons. The standard InChI is InChI=1S/C15H12F2N2O2S/c1-9-8-22-14(19-9)11(7-18)6-10-4-3-5-12(20-2)13(10)21-15(16)17/h3-6,8,15H,1-2H3. The van der Waals surface area contributed by atoms with Crippen molar-refractivity contribution in [3.8, 4) is 17.6 Å². The summed E-state index contributed by atoms with van der Waals surface area (Å²) in [5.41, 5.74) is 1.38. The first kappa shape index (κ1) is 15.9. The average molecular weight is 322 g/mol. The predicted molar refractivity (Wildman–Crippen MR) is 80.0 cm³/mol. The molecule has 22 heavy (non-hydrogen) atoms. The molecule has 0 aliphatic carbocycles. The minimum Gasteiger partial charge on any atom is -0.493 e. The zero-order chi connectivity index (χ0) is 16.1. The number of benzene rings is 1. The van der Waals surface area contributed by atoms with Crippen LogP contribution in [0.5, 0.6) is 11.5 Å². The van der Waals surface area contributed by atoms with E-state index in [9.17, 15) is 14.0 Å². The molecule has 0 atom stereocenters. The molecule has 1 aromatic heterocycles. The minimum absolute atomic E-state index is 0.110. The first-order valence-electron chi connectivity index (χ1n) is 6.21. The molecule has 0 spiro atoms. The fourth-order valence-corrected chi connectivity index (χ4v) is 2.56. The molecular formula is C15H12F2N2O2S. The largest absolute Gasteiger partial charge is 0.493 e. The Balaban J connectivity index is 2.51. The quantitative estimate of drug-likeness (QED) is 0.777. The number of thiazole rings is 1. The number of allylic oxidation sites excluding steroid dienone is 1. The maximum absolute atomic E-state index is 12.6. The molecule has 0 fully saturated rings. The first-order valence-corrected chi connectivity index (χ1v) is 7.09. The second kappa shape index (κ2) is 7.00. The maximum Gasteiger partial charge on any atom is 0.387 e. The Hall–Kier alpha value is -2.46. The van der Waals surface area contributed by atoms with Gasteiger partial charge in [-0.2, -0.15) is 14.0 Å². The molecule has 0 saturated carbocycles. The van der Waals surface area contributed by atoms with Crippen molar-refractivity contribution in [1.82, 2.24) is 4.98 Å². The third kappa shape index (κ3) is 3.59. The van der Waals surface area contributed by atoms with Crippen LogP contribution in [0.25, 0.3) is 11.6 Å². The number of nitriles is 1. The third-order valence-corrected chi connectivity index (χ3v) is 3.70. The van der Waals surface area contributed by atoms with Crippen LogP contribution in [0.3, 0.4) is 0 Å². The molecule has 0 bridgehead atoms. The van der Waals surface area contributed by atoms with Crippen LogP contribution >= 0.6 is 11.3 Å². The molecule has 0 radical (unpaired) electrons. The summed E-state index contributed by atoms with van der Waals surface area (Å²) >= 11 is 1.31. The van der Waals surface area contributed by atoms with Gasteiger partial charge in [-0.3, -0.25) is 0 Å². The number of aryl methyl sites for hydroxylation is 1. The van der Waals surface area contributed by atoms with Crippen molar-refractivity contribution in [2.24, 2.45) is 0 Å². The van der Waals surface area contributed by atoms with E-state index in [4.69, 9.17) is 4.74 Å². The number of ether oxygens (including phenoxy) is 2. The Morgan fingerprint density at radius 2 is 2.23 bits per heavy atom. The van der Waals surface area contributed by atoms with Crippen LogP contribution in [0.1, 0.15) is 16.3 Å². The predicted octanol–water partition coefficient (Wildman–Crippen LogP) is 4.13. The van der Waals surface area contributed by atoms with Gasteiger partial charge in [0.2, 0.25) is 0 Å². The van der Waals surface area contributed by atoms with Crippen LogP contribution in [0.4, 0.5) is 8.78 Å². The van der Waals surface area contributed by atoms with Crippen molar-refractivity contribution in [2.45, 2.75) is 13.5 Å². The Kier molecular flexibility index (Phi) is 5.07. The highest BCUT2D eigenvalue weighted by Crippen LogP contribution is 2.35. The van der Waals surface area contributed by atoms with E-state index in [-0.39, 0.29) is 17.1 Å². The number of nitrogens with zero attached hydrogens (tertiary/aromatic N) is 2. The van der Waals surface area contributed by atoms with Crippen molar-refractivity contribution in [3.05, 3.63) is 39.8 Å². The van der Waals surface area contributed by atoms with Crippen LogP contribution < -0.4 is 9.47 Å². The third-order valence-electron chi connectivity index (χ3n) is 2.71. The van der Waals surface area contributed by atoms with Crippen LogP contribution in [-0.2, 0) is 0 Å². The number of hydrogen-bond donors (Lipinski definition) is 0. The molecule has 7 heteroatoms. The second-order valence-corrected chi connectivity index (χ2v) is 5.08. The van der Waals surface area contributed by atoms with Crippen molar-refractivity contribution in [3.63, 3.8) is 0 Å². The number of halogens is 2. The van der Waals surface area contributed by atoms with Crippen molar-refractivity contribution >= 4 is 23.0 Å². The zero-order valence-corrected chi connectivity index (χ0v) is 12.7. The lowest BCUT2D eigenvalue weighted by molar-refractivity contribution is -0.0513. The molecule has 0 unspecified atom stereocenters. The smallest absolute Gasteiger partial charge is 0.387 e. The Labute approximate surface area is 130 Å². The van der Waals surface area contributed by atoms with E-state index in [1.54, 1.807) is 12.1 Å². The number of hydrogen-bond acceptors (Lipinski definition) is 5. The lowest BCUT2D eigenvalue weighted by Crippen LogP contribution is -2.05. The molecule has 1 heterocycles. The molecule has 0 aliphatic rings. The van der Waals surface area contributed by atoms with E-state index in [0.29, 0.717) is 10.6 Å². The van der Waals surface area contributed by atoms with Crippen LogP contribution in [0.15, 0.2) is 23.6 Å². The maximum atomic E-state index is 12.6. The van der Waals surface area contributed by atoms with Crippen molar-refractivity contribution in [2.75, 3.05) is 7.11 Å². The molecule has 0 saturated heterocycles. The summed E-state index contributed by atoms with van der Waals surface area (Å²) in [5, 5.41) is 11.6. The average Bonchev–Trinajstić information content (AvgIpc) is 2.91. The highest BCUT2D eigenvalue weighted by molar-refractivity contribution is 7.11. The number of para-hydroxylation sites is 1. The molecule has 0 N–H and O–H groups in total. The van der Waals surface area contributed by atoms with Crippen LogP contribution in [0.2, 0.25) is 0 Å². The summed E-state index contributed by atoms with van der Waals surface area (Å²) in [4.78, 5) is 4.22. The number of alkyl halides is 2. The van der Waals surface area contributed by atoms with Crippen molar-refractivity contribution in [1.29, 1.82) is 5.26 Å². The van der Waals surface area contributed by atoms with Crippen LogP contribution in [0, 0.1) is 18.3 Å². The van der Waals surface area contributed by atoms with Gasteiger partial charge in [0.1, 0.15) is 11.1 Å². The van der Waals surface area contributed by atoms with Crippen LogP contribution in [-0.4, -0.2) is 18.7 Å². The molecule has 0 amide bonds. The normalized spacial score (nSPS) is 11.4. The lowest BCUT2D eigenvalue weighted by Gasteiger charge is -2.12. The summed E-state index contributed by atoms with van der Waals surface area (Å²) in [6, 6.07) is 6.73. The van der Waals surface area contributed by atoms with Gasteiger partial charge in [0.05, 0.1) is 12.7 Å². The van der Waals surface area contributed by atoms with E-state index in [1.807, 2.05) is 18.4 Å². The van der Waals surface area contributed by atoms with Crippen molar-refractivity contribution < 1.29 is 18.3 Å². The molecule has 4 nitrogen and oxygen atoms in total. The van der Waals surface area contributed by atoms with Gasteiger partial charge in [0.15, 0.2) is 11.5 Å². The fourth-order valence-electron chi connectivity index (χ4n) is 1.80. The van der Waals surface area contributed by atoms with E-state index in [1.165, 1.54) is 30.6 Å². The minimum atomic E-state index is -2.99. The van der Waals surface area contributed by atoms with Gasteiger partial charge in [-0.05, 0) is 19.1 Å². The van der Waals surface area contributed by atoms with E-state index in [2.05, 4.69) is 9.72 Å². The number of rotatable bonds is 5. The summed E-state index contributed by atoms with van der Waals surface area (Å²) in [7, 11) is 1.36. The Morgan fingerprint density at radius 3 is 2.77 bits per heavy atom. The van der Waals surface area contributed by atoms with Gasteiger partial charge in [0.25, 0.3) is 0 Å². The van der Waals surface area contributed by atoms with E-state index >= 15 is 0 Å². The summed E-state index contributed by atoms with van der Waals surface area (Å²) in [6.07, 6.45) is 1.46. The molecule has 0 aliphatic heterocycles. The zero-order valence-electron chi connectivity index (χ0n) is 11.8. The first-order chi connectivity index (χ1) is 10.5. The van der Waals surface area contributed by atoms with Gasteiger partial charge in [-0.1, -0.05) is 12.1 Å². The molecular weight excluding hydrogens is 310 g/mol. The van der Waals surface area contributed by atoms with Gasteiger partial charge in [-0.25, -0.2) is 4.98 Å². The molecule has 1 aromatic carbocycles. The van der Waals surface area contributed by atoms with E-state index in [0.717, 1.165) is 5.69 Å². The Bertz CT molecular complexity index is 735. The van der Waals surface area contributed by atoms with Gasteiger partial charge >= 0.3 is 6.61 Å². The Morgan fingerprint density at radius 1 is 1.45 bits per heavy atom. The summed E-state index contributed by atoms with van der Waals surface area (Å²) in [6.45, 7) is -1.18. The SMILES string of the molecule is COc1cccc(C=C(C#N)c2nc(C)cs2)c1OC(F)F. The van der Waals surface area contributed by atoms with E-state index < -0.39 is 6.61 Å². The summed E-state index contributed by atoms with van der Waals surface area (Å²) in [5.74, 6) is 0.0580. The highest BCUT2D eigenvalue weighted by Gasteiger charge is 2.15. The number of aromatic nitrogens is 1. The topological polar surface area (TPSA) is 55.1 Å². The summed E-state index contributed by atoms with van der Waals surface area (Å²) < 4.78 is 34.7. The monoisotopic (exact) mass is 322 g/mol. The molecule has 2 rings (SSSR count). The lowest BCUT2D eigenvalue weighted by atomic mass is 10.1. The van der Waals surface area contributed by atoms with Gasteiger partial charge < -0.3 is 9.47 Å². The van der Waals surface area contributed by atoms with Gasteiger partial charge in [-0.15, -0.1) is 11.3 Å². The van der Waals surface area contributed by atoms with Gasteiger partial charge in [0, 0.05) is 16.6 Å². The molecule has 2 aromatic rings. The number of methoxy groups -OCH3 is 1.